The molecule has 1 aliphatic rings. The Kier molecular flexibility index (Phi) is 5.94. The van der Waals surface area contributed by atoms with Crippen LogP contribution >= 0.6 is 15.9 Å². The van der Waals surface area contributed by atoms with Crippen molar-refractivity contribution >= 4 is 21.8 Å². The second-order valence-corrected chi connectivity index (χ2v) is 8.94. The summed E-state index contributed by atoms with van der Waals surface area (Å²) in [7, 11) is 0. The average molecular weight is 435 g/mol. The molecule has 0 bridgehead atoms. The third-order valence-electron chi connectivity index (χ3n) is 4.98. The predicted octanol–water partition coefficient (Wildman–Crippen LogP) is 4.79. The van der Waals surface area contributed by atoms with Crippen LogP contribution in [0.1, 0.15) is 56.2 Å². The normalized spacial score (nSPS) is 14.2. The van der Waals surface area contributed by atoms with E-state index in [9.17, 15) is 4.79 Å². The van der Waals surface area contributed by atoms with E-state index in [1.165, 1.54) is 5.56 Å². The molecule has 0 unspecified atom stereocenters. The van der Waals surface area contributed by atoms with Gasteiger partial charge in [0.2, 0.25) is 5.91 Å². The molecule has 0 atom stereocenters. The minimum atomic E-state index is 0.101. The van der Waals surface area contributed by atoms with Gasteiger partial charge in [-0.3, -0.25) is 4.79 Å². The van der Waals surface area contributed by atoms with Crippen LogP contribution in [0.15, 0.2) is 27.2 Å². The summed E-state index contributed by atoms with van der Waals surface area (Å²) in [6.45, 7) is 10.3. The molecule has 0 radical (unpaired) electrons. The highest BCUT2D eigenvalue weighted by Crippen LogP contribution is 2.31. The molecule has 0 saturated heterocycles. The van der Waals surface area contributed by atoms with Crippen molar-refractivity contribution in [2.75, 3.05) is 13.2 Å². The number of carbonyl (C=O) groups is 1. The van der Waals surface area contributed by atoms with Crippen LogP contribution in [-0.2, 0) is 23.2 Å². The number of halogens is 1. The number of hydrogen-bond donors (Lipinski definition) is 0. The quantitative estimate of drug-likeness (QED) is 0.634. The highest BCUT2D eigenvalue weighted by molar-refractivity contribution is 9.10. The van der Waals surface area contributed by atoms with Crippen molar-refractivity contribution in [3.8, 4) is 5.75 Å². The summed E-state index contributed by atoms with van der Waals surface area (Å²) in [5, 5.41) is 3.99. The number of rotatable bonds is 5. The maximum atomic E-state index is 12.4. The molecule has 0 saturated carbocycles. The number of aromatic nitrogens is 1. The molecule has 1 aliphatic heterocycles. The van der Waals surface area contributed by atoms with E-state index in [4.69, 9.17) is 9.26 Å². The molecule has 0 N–H and O–H groups in total. The van der Waals surface area contributed by atoms with Crippen LogP contribution in [0.3, 0.4) is 0 Å². The first-order valence-electron chi connectivity index (χ1n) is 9.40. The lowest BCUT2D eigenvalue weighted by atomic mass is 9.87. The number of hydrogen-bond acceptors (Lipinski definition) is 4. The van der Waals surface area contributed by atoms with Crippen LogP contribution in [0, 0.1) is 6.92 Å². The van der Waals surface area contributed by atoms with E-state index in [2.05, 4.69) is 54.0 Å². The molecule has 1 aromatic carbocycles. The van der Waals surface area contributed by atoms with Gasteiger partial charge in [0.15, 0.2) is 5.76 Å². The van der Waals surface area contributed by atoms with E-state index in [1.807, 2.05) is 17.9 Å². The van der Waals surface area contributed by atoms with Crippen LogP contribution < -0.4 is 4.74 Å². The second kappa shape index (κ2) is 8.05. The van der Waals surface area contributed by atoms with Crippen LogP contribution in [0.25, 0.3) is 0 Å². The van der Waals surface area contributed by atoms with Crippen molar-refractivity contribution < 1.29 is 14.1 Å². The lowest BCUT2D eigenvalue weighted by Crippen LogP contribution is -2.35. The van der Waals surface area contributed by atoms with Gasteiger partial charge < -0.3 is 14.2 Å². The van der Waals surface area contributed by atoms with E-state index in [-0.39, 0.29) is 11.3 Å². The topological polar surface area (TPSA) is 55.6 Å². The third kappa shape index (κ3) is 4.72. The molecule has 5 nitrogen and oxygen atoms in total. The highest BCUT2D eigenvalue weighted by atomic mass is 79.9. The first-order chi connectivity index (χ1) is 12.8. The van der Waals surface area contributed by atoms with Gasteiger partial charge in [0.1, 0.15) is 5.75 Å². The average Bonchev–Trinajstić information content (AvgIpc) is 2.99. The summed E-state index contributed by atoms with van der Waals surface area (Å²) in [5.41, 5.74) is 3.45. The van der Waals surface area contributed by atoms with Crippen LogP contribution in [0.2, 0.25) is 0 Å². The minimum Gasteiger partial charge on any atom is -0.492 e. The third-order valence-corrected chi connectivity index (χ3v) is 5.60. The molecule has 0 aliphatic carbocycles. The number of nitrogens with zero attached hydrogens (tertiary/aromatic N) is 2. The number of fused-ring (bicyclic) bond motifs is 1. The summed E-state index contributed by atoms with van der Waals surface area (Å²) < 4.78 is 12.1. The van der Waals surface area contributed by atoms with Crippen molar-refractivity contribution in [1.82, 2.24) is 10.1 Å². The molecular weight excluding hydrogens is 408 g/mol. The molecule has 146 valence electrons. The molecule has 6 heteroatoms. The summed E-state index contributed by atoms with van der Waals surface area (Å²) in [6, 6.07) is 6.19. The maximum absolute atomic E-state index is 12.4. The van der Waals surface area contributed by atoms with Crippen LogP contribution in [-0.4, -0.2) is 29.1 Å². The van der Waals surface area contributed by atoms with Crippen molar-refractivity contribution in [1.29, 1.82) is 0 Å². The van der Waals surface area contributed by atoms with Gasteiger partial charge in [-0.1, -0.05) is 32.0 Å². The molecule has 1 aromatic heterocycles. The van der Waals surface area contributed by atoms with Gasteiger partial charge in [-0.2, -0.15) is 0 Å². The molecule has 1 amide bonds. The minimum absolute atomic E-state index is 0.101. The Morgan fingerprint density at radius 3 is 2.85 bits per heavy atom. The molecule has 2 heterocycles. The Morgan fingerprint density at radius 1 is 1.37 bits per heavy atom. The zero-order valence-electron chi connectivity index (χ0n) is 16.5. The Bertz CT molecular complexity index is 823. The van der Waals surface area contributed by atoms with E-state index in [1.54, 1.807) is 0 Å². The molecule has 2 aromatic rings. The molecular formula is C21H27BrN2O3. The first kappa shape index (κ1) is 19.9. The Labute approximate surface area is 169 Å². The number of carbonyl (C=O) groups excluding carboxylic acids is 1. The Balaban J connectivity index is 1.46. The van der Waals surface area contributed by atoms with Crippen molar-refractivity contribution in [2.45, 2.75) is 58.9 Å². The fourth-order valence-corrected chi connectivity index (χ4v) is 3.73. The molecule has 0 fully saturated rings. The summed E-state index contributed by atoms with van der Waals surface area (Å²) in [6.07, 6.45) is 1.98. The van der Waals surface area contributed by atoms with Gasteiger partial charge in [0, 0.05) is 18.5 Å². The number of ether oxygens (including phenoxy) is 1. The number of amides is 1. The number of benzene rings is 1. The standard InChI is InChI=1S/C21H27BrN2O3/c1-14-16-9-10-24(13-19(16)27-23-14)20(25)6-5-11-26-18-8-7-15(12-17(18)22)21(2,3)4/h7-8,12H,5-6,9-11,13H2,1-4H3. The fourth-order valence-electron chi connectivity index (χ4n) is 3.24. The van der Waals surface area contributed by atoms with Crippen molar-refractivity contribution in [3.63, 3.8) is 0 Å². The smallest absolute Gasteiger partial charge is 0.223 e. The largest absolute Gasteiger partial charge is 0.492 e. The fraction of sp³-hybridized carbons (Fsp3) is 0.524. The number of aryl methyl sites for hydroxylation is 1. The van der Waals surface area contributed by atoms with E-state index >= 15 is 0 Å². The monoisotopic (exact) mass is 434 g/mol. The Hall–Kier alpha value is -1.82. The van der Waals surface area contributed by atoms with Gasteiger partial charge in [-0.25, -0.2) is 0 Å². The van der Waals surface area contributed by atoms with Gasteiger partial charge in [-0.05, 0) is 58.8 Å². The lowest BCUT2D eigenvalue weighted by molar-refractivity contribution is -0.132. The van der Waals surface area contributed by atoms with Crippen LogP contribution in [0.5, 0.6) is 5.75 Å². The van der Waals surface area contributed by atoms with Gasteiger partial charge in [-0.15, -0.1) is 0 Å². The van der Waals surface area contributed by atoms with Crippen molar-refractivity contribution in [3.05, 3.63) is 45.3 Å². The lowest BCUT2D eigenvalue weighted by Gasteiger charge is -2.25. The second-order valence-electron chi connectivity index (χ2n) is 8.08. The summed E-state index contributed by atoms with van der Waals surface area (Å²) in [5.74, 6) is 1.78. The van der Waals surface area contributed by atoms with E-state index < -0.39 is 0 Å². The van der Waals surface area contributed by atoms with Gasteiger partial charge in [0.25, 0.3) is 0 Å². The summed E-state index contributed by atoms with van der Waals surface area (Å²) >= 11 is 3.58. The van der Waals surface area contributed by atoms with Crippen LogP contribution in [0.4, 0.5) is 0 Å². The van der Waals surface area contributed by atoms with Crippen molar-refractivity contribution in [2.24, 2.45) is 0 Å². The SMILES string of the molecule is Cc1noc2c1CCN(C(=O)CCCOc1ccc(C(C)(C)C)cc1Br)C2. The van der Waals surface area contributed by atoms with E-state index in [0.29, 0.717) is 26.0 Å². The molecule has 3 rings (SSSR count). The van der Waals surface area contributed by atoms with E-state index in [0.717, 1.165) is 40.2 Å². The van der Waals surface area contributed by atoms with Gasteiger partial charge >= 0.3 is 0 Å². The Morgan fingerprint density at radius 2 is 2.15 bits per heavy atom. The maximum Gasteiger partial charge on any atom is 0.223 e. The molecule has 0 spiro atoms. The predicted molar refractivity (Wildman–Crippen MR) is 108 cm³/mol. The zero-order chi connectivity index (χ0) is 19.6. The molecule has 27 heavy (non-hydrogen) atoms. The highest BCUT2D eigenvalue weighted by Gasteiger charge is 2.25. The van der Waals surface area contributed by atoms with Gasteiger partial charge in [0.05, 0.1) is 23.3 Å². The first-order valence-corrected chi connectivity index (χ1v) is 10.2. The zero-order valence-corrected chi connectivity index (χ0v) is 18.1. The summed E-state index contributed by atoms with van der Waals surface area (Å²) in [4.78, 5) is 14.3.